The van der Waals surface area contributed by atoms with Crippen LogP contribution in [-0.2, 0) is 13.1 Å². The third-order valence-corrected chi connectivity index (χ3v) is 2.80. The number of nitrogens with two attached hydrogens (primary N) is 1. The highest BCUT2D eigenvalue weighted by atomic mass is 16.5. The molecule has 0 saturated heterocycles. The van der Waals surface area contributed by atoms with Gasteiger partial charge in [0.05, 0.1) is 12.7 Å². The van der Waals surface area contributed by atoms with E-state index in [2.05, 4.69) is 6.07 Å². The van der Waals surface area contributed by atoms with Crippen LogP contribution in [0.15, 0.2) is 36.7 Å². The smallest absolute Gasteiger partial charge is 0.136 e. The van der Waals surface area contributed by atoms with Crippen molar-refractivity contribution in [2.75, 3.05) is 7.11 Å². The van der Waals surface area contributed by atoms with Crippen molar-refractivity contribution in [2.24, 2.45) is 5.73 Å². The van der Waals surface area contributed by atoms with Crippen molar-refractivity contribution in [3.8, 4) is 11.8 Å². The van der Waals surface area contributed by atoms with Crippen LogP contribution in [0.1, 0.15) is 16.7 Å². The van der Waals surface area contributed by atoms with Gasteiger partial charge in [0.25, 0.3) is 0 Å². The zero-order valence-corrected chi connectivity index (χ0v) is 10.3. The number of rotatable bonds is 4. The molecule has 1 aromatic carbocycles. The molecule has 2 rings (SSSR count). The van der Waals surface area contributed by atoms with Crippen LogP contribution < -0.4 is 10.5 Å². The fraction of sp³-hybridized carbons (Fsp3) is 0.214. The Hall–Kier alpha value is -2.25. The average molecular weight is 241 g/mol. The highest BCUT2D eigenvalue weighted by Gasteiger charge is 2.04. The van der Waals surface area contributed by atoms with Gasteiger partial charge in [-0.1, -0.05) is 6.07 Å². The minimum absolute atomic E-state index is 0.541. The molecule has 0 unspecified atom stereocenters. The van der Waals surface area contributed by atoms with Gasteiger partial charge in [0.2, 0.25) is 0 Å². The molecule has 2 aromatic rings. The summed E-state index contributed by atoms with van der Waals surface area (Å²) in [5.41, 5.74) is 8.29. The summed E-state index contributed by atoms with van der Waals surface area (Å²) in [6, 6.07) is 9.76. The second-order valence-corrected chi connectivity index (χ2v) is 4.04. The summed E-state index contributed by atoms with van der Waals surface area (Å²) in [7, 11) is 1.56. The lowest BCUT2D eigenvalue weighted by Gasteiger charge is -2.07. The van der Waals surface area contributed by atoms with Crippen LogP contribution in [0, 0.1) is 11.3 Å². The molecule has 0 aliphatic heterocycles. The minimum Gasteiger partial charge on any atom is -0.495 e. The van der Waals surface area contributed by atoms with E-state index in [0.29, 0.717) is 17.9 Å². The van der Waals surface area contributed by atoms with Crippen molar-refractivity contribution in [2.45, 2.75) is 13.1 Å². The molecule has 4 heteroatoms. The SMILES string of the molecule is COc1ccc(Cn2ccc(CN)c2)cc1C#N. The first kappa shape index (κ1) is 12.2. The Morgan fingerprint density at radius 1 is 1.33 bits per heavy atom. The molecule has 0 amide bonds. The molecule has 18 heavy (non-hydrogen) atoms. The molecule has 0 fully saturated rings. The van der Waals surface area contributed by atoms with Gasteiger partial charge in [-0.2, -0.15) is 5.26 Å². The second kappa shape index (κ2) is 5.39. The van der Waals surface area contributed by atoms with Gasteiger partial charge in [0, 0.05) is 25.5 Å². The Labute approximate surface area is 106 Å². The number of ether oxygens (including phenoxy) is 1. The number of hydrogen-bond acceptors (Lipinski definition) is 3. The summed E-state index contributed by atoms with van der Waals surface area (Å²) in [5, 5.41) is 9.03. The maximum atomic E-state index is 9.03. The molecular weight excluding hydrogens is 226 g/mol. The van der Waals surface area contributed by atoms with E-state index in [1.165, 1.54) is 0 Å². The normalized spacial score (nSPS) is 10.1. The van der Waals surface area contributed by atoms with Gasteiger partial charge >= 0.3 is 0 Å². The van der Waals surface area contributed by atoms with Crippen LogP contribution in [0.3, 0.4) is 0 Å². The predicted molar refractivity (Wildman–Crippen MR) is 69.1 cm³/mol. The second-order valence-electron chi connectivity index (χ2n) is 4.04. The van der Waals surface area contributed by atoms with Gasteiger partial charge in [-0.05, 0) is 29.3 Å². The monoisotopic (exact) mass is 241 g/mol. The minimum atomic E-state index is 0.541. The molecule has 92 valence electrons. The van der Waals surface area contributed by atoms with Gasteiger partial charge < -0.3 is 15.0 Å². The average Bonchev–Trinajstić information content (AvgIpc) is 2.86. The summed E-state index contributed by atoms with van der Waals surface area (Å²) >= 11 is 0. The number of aromatic nitrogens is 1. The number of benzene rings is 1. The van der Waals surface area contributed by atoms with Crippen LogP contribution in [0.25, 0.3) is 0 Å². The molecule has 0 saturated carbocycles. The summed E-state index contributed by atoms with van der Waals surface area (Å²) in [5.74, 6) is 0.608. The third-order valence-electron chi connectivity index (χ3n) is 2.80. The van der Waals surface area contributed by atoms with E-state index in [-0.39, 0.29) is 0 Å². The van der Waals surface area contributed by atoms with Crippen LogP contribution in [-0.4, -0.2) is 11.7 Å². The van der Waals surface area contributed by atoms with E-state index in [9.17, 15) is 0 Å². The summed E-state index contributed by atoms with van der Waals surface area (Å²) in [6.45, 7) is 1.26. The Kier molecular flexibility index (Phi) is 3.66. The van der Waals surface area contributed by atoms with Crippen molar-refractivity contribution >= 4 is 0 Å². The fourth-order valence-corrected chi connectivity index (χ4v) is 1.86. The fourth-order valence-electron chi connectivity index (χ4n) is 1.86. The van der Waals surface area contributed by atoms with Gasteiger partial charge in [0.15, 0.2) is 0 Å². The Morgan fingerprint density at radius 2 is 2.17 bits per heavy atom. The molecule has 4 nitrogen and oxygen atoms in total. The zero-order chi connectivity index (χ0) is 13.0. The van der Waals surface area contributed by atoms with E-state index < -0.39 is 0 Å². The largest absolute Gasteiger partial charge is 0.495 e. The Bertz CT molecular complexity index is 581. The van der Waals surface area contributed by atoms with Crippen LogP contribution in [0.2, 0.25) is 0 Å². The van der Waals surface area contributed by atoms with Crippen LogP contribution in [0.4, 0.5) is 0 Å². The van der Waals surface area contributed by atoms with Gasteiger partial charge in [-0.25, -0.2) is 0 Å². The number of hydrogen-bond donors (Lipinski definition) is 1. The first-order valence-corrected chi connectivity index (χ1v) is 5.68. The lowest BCUT2D eigenvalue weighted by atomic mass is 10.1. The van der Waals surface area contributed by atoms with Gasteiger partial charge in [-0.3, -0.25) is 0 Å². The molecule has 0 bridgehead atoms. The van der Waals surface area contributed by atoms with E-state index in [1.807, 2.05) is 41.2 Å². The van der Waals surface area contributed by atoms with Crippen molar-refractivity contribution in [1.82, 2.24) is 4.57 Å². The van der Waals surface area contributed by atoms with Crippen molar-refractivity contribution in [3.05, 3.63) is 53.3 Å². The topological polar surface area (TPSA) is 64.0 Å². The van der Waals surface area contributed by atoms with E-state index in [1.54, 1.807) is 7.11 Å². The molecule has 1 heterocycles. The first-order valence-electron chi connectivity index (χ1n) is 5.68. The number of nitriles is 1. The molecule has 0 radical (unpaired) electrons. The number of methoxy groups -OCH3 is 1. The molecule has 0 atom stereocenters. The number of nitrogens with zero attached hydrogens (tertiary/aromatic N) is 2. The van der Waals surface area contributed by atoms with Crippen molar-refractivity contribution in [3.63, 3.8) is 0 Å². The van der Waals surface area contributed by atoms with Gasteiger partial charge in [0.1, 0.15) is 11.8 Å². The molecule has 0 spiro atoms. The van der Waals surface area contributed by atoms with E-state index in [0.717, 1.165) is 17.7 Å². The Morgan fingerprint density at radius 3 is 2.78 bits per heavy atom. The van der Waals surface area contributed by atoms with Crippen LogP contribution >= 0.6 is 0 Å². The highest BCUT2D eigenvalue weighted by Crippen LogP contribution is 2.19. The maximum Gasteiger partial charge on any atom is 0.136 e. The lowest BCUT2D eigenvalue weighted by Crippen LogP contribution is -1.99. The zero-order valence-electron chi connectivity index (χ0n) is 10.3. The molecule has 2 N–H and O–H groups in total. The molecule has 1 aromatic heterocycles. The highest BCUT2D eigenvalue weighted by molar-refractivity contribution is 5.45. The summed E-state index contributed by atoms with van der Waals surface area (Å²) in [6.07, 6.45) is 3.99. The quantitative estimate of drug-likeness (QED) is 0.888. The first-order chi connectivity index (χ1) is 8.76. The summed E-state index contributed by atoms with van der Waals surface area (Å²) in [4.78, 5) is 0. The van der Waals surface area contributed by atoms with E-state index >= 15 is 0 Å². The van der Waals surface area contributed by atoms with Crippen molar-refractivity contribution in [1.29, 1.82) is 5.26 Å². The molecule has 0 aliphatic carbocycles. The standard InChI is InChI=1S/C14H15N3O/c1-18-14-3-2-11(6-13(14)8-16)9-17-5-4-12(7-15)10-17/h2-6,10H,7,9,15H2,1H3. The third kappa shape index (κ3) is 2.53. The van der Waals surface area contributed by atoms with Gasteiger partial charge in [-0.15, -0.1) is 0 Å². The van der Waals surface area contributed by atoms with Crippen LogP contribution in [0.5, 0.6) is 5.75 Å². The summed E-state index contributed by atoms with van der Waals surface area (Å²) < 4.78 is 7.16. The van der Waals surface area contributed by atoms with Crippen molar-refractivity contribution < 1.29 is 4.74 Å². The molecular formula is C14H15N3O. The molecule has 0 aliphatic rings. The maximum absolute atomic E-state index is 9.03. The van der Waals surface area contributed by atoms with E-state index in [4.69, 9.17) is 15.7 Å². The predicted octanol–water partition coefficient (Wildman–Crippen LogP) is 1.88. The Balaban J connectivity index is 2.22. The lowest BCUT2D eigenvalue weighted by molar-refractivity contribution is 0.413.